The first-order valence-corrected chi connectivity index (χ1v) is 8.84. The third-order valence-electron chi connectivity index (χ3n) is 4.49. The minimum absolute atomic E-state index is 0.0150. The number of likely N-dealkylation sites (tertiary alicyclic amines) is 1. The number of carbonyl (C=O) groups is 1. The van der Waals surface area contributed by atoms with E-state index in [0.29, 0.717) is 5.92 Å². The summed E-state index contributed by atoms with van der Waals surface area (Å²) in [5, 5.41) is 0. The van der Waals surface area contributed by atoms with Crippen molar-refractivity contribution in [2.45, 2.75) is 38.5 Å². The molecule has 4 heteroatoms. The molecule has 110 valence electrons. The van der Waals surface area contributed by atoms with Gasteiger partial charge < -0.3 is 9.64 Å². The Kier molecular flexibility index (Phi) is 6.51. The summed E-state index contributed by atoms with van der Waals surface area (Å²) >= 11 is 2.02. The van der Waals surface area contributed by atoms with Gasteiger partial charge in [0.15, 0.2) is 0 Å². The zero-order valence-corrected chi connectivity index (χ0v) is 12.9. The molecule has 2 aliphatic rings. The molecule has 0 radical (unpaired) electrons. The lowest BCUT2D eigenvalue weighted by Crippen LogP contribution is -2.39. The highest BCUT2D eigenvalue weighted by atomic mass is 32.2. The molecule has 2 aliphatic heterocycles. The predicted molar refractivity (Wildman–Crippen MR) is 80.5 cm³/mol. The van der Waals surface area contributed by atoms with Crippen LogP contribution in [0, 0.1) is 11.8 Å². The fourth-order valence-electron chi connectivity index (χ4n) is 3.28. The molecule has 1 unspecified atom stereocenters. The van der Waals surface area contributed by atoms with Crippen molar-refractivity contribution in [2.24, 2.45) is 11.8 Å². The molecular weight excluding hydrogens is 258 g/mol. The van der Waals surface area contributed by atoms with Crippen LogP contribution in [0.1, 0.15) is 38.5 Å². The van der Waals surface area contributed by atoms with Gasteiger partial charge >= 0.3 is 5.97 Å². The molecule has 0 saturated carbocycles. The molecule has 2 rings (SSSR count). The second-order valence-electron chi connectivity index (χ2n) is 5.79. The van der Waals surface area contributed by atoms with E-state index < -0.39 is 0 Å². The molecule has 0 aromatic heterocycles. The van der Waals surface area contributed by atoms with Gasteiger partial charge in [0.25, 0.3) is 0 Å². The smallest absolute Gasteiger partial charge is 0.310 e. The quantitative estimate of drug-likeness (QED) is 0.743. The number of ether oxygens (including phenoxy) is 1. The van der Waals surface area contributed by atoms with E-state index in [1.807, 2.05) is 11.8 Å². The summed E-state index contributed by atoms with van der Waals surface area (Å²) in [5.74, 6) is 3.07. The molecule has 1 atom stereocenters. The van der Waals surface area contributed by atoms with Crippen LogP contribution in [-0.4, -0.2) is 49.1 Å². The molecule has 2 fully saturated rings. The van der Waals surface area contributed by atoms with E-state index >= 15 is 0 Å². The minimum atomic E-state index is 0.0150. The SMILES string of the molecule is COC(=O)C(CN1CCCCCC1)C1CCSCC1. The number of nitrogens with zero attached hydrogens (tertiary/aromatic N) is 1. The third-order valence-corrected chi connectivity index (χ3v) is 5.54. The van der Waals surface area contributed by atoms with E-state index in [-0.39, 0.29) is 11.9 Å². The Bertz CT molecular complexity index is 271. The summed E-state index contributed by atoms with van der Waals surface area (Å²) in [5.41, 5.74) is 0. The molecule has 0 spiro atoms. The zero-order chi connectivity index (χ0) is 13.5. The first kappa shape index (κ1) is 15.2. The largest absolute Gasteiger partial charge is 0.469 e. The van der Waals surface area contributed by atoms with E-state index in [0.717, 1.165) is 19.6 Å². The second kappa shape index (κ2) is 8.15. The Morgan fingerprint density at radius 3 is 2.42 bits per heavy atom. The summed E-state index contributed by atoms with van der Waals surface area (Å²) in [7, 11) is 1.54. The summed E-state index contributed by atoms with van der Waals surface area (Å²) in [4.78, 5) is 14.6. The van der Waals surface area contributed by atoms with Crippen molar-refractivity contribution >= 4 is 17.7 Å². The first-order valence-electron chi connectivity index (χ1n) is 7.69. The average Bonchev–Trinajstić information content (AvgIpc) is 2.73. The van der Waals surface area contributed by atoms with Gasteiger partial charge in [0.2, 0.25) is 0 Å². The Labute approximate surface area is 121 Å². The van der Waals surface area contributed by atoms with Gasteiger partial charge in [-0.15, -0.1) is 0 Å². The van der Waals surface area contributed by atoms with Crippen molar-refractivity contribution in [3.05, 3.63) is 0 Å². The maximum absolute atomic E-state index is 12.1. The van der Waals surface area contributed by atoms with E-state index in [2.05, 4.69) is 4.90 Å². The zero-order valence-electron chi connectivity index (χ0n) is 12.1. The molecular formula is C15H27NO2S. The van der Waals surface area contributed by atoms with Crippen molar-refractivity contribution in [3.8, 4) is 0 Å². The molecule has 0 aromatic carbocycles. The number of hydrogen-bond acceptors (Lipinski definition) is 4. The van der Waals surface area contributed by atoms with Gasteiger partial charge in [-0.1, -0.05) is 12.8 Å². The van der Waals surface area contributed by atoms with Crippen LogP contribution in [0.4, 0.5) is 0 Å². The predicted octanol–water partition coefficient (Wildman–Crippen LogP) is 2.79. The molecule has 0 aromatic rings. The van der Waals surface area contributed by atoms with Crippen molar-refractivity contribution in [3.63, 3.8) is 0 Å². The van der Waals surface area contributed by atoms with Gasteiger partial charge in [-0.3, -0.25) is 4.79 Å². The maximum atomic E-state index is 12.1. The number of rotatable bonds is 4. The van der Waals surface area contributed by atoms with Crippen LogP contribution in [-0.2, 0) is 9.53 Å². The van der Waals surface area contributed by atoms with Gasteiger partial charge in [0.1, 0.15) is 0 Å². The summed E-state index contributed by atoms with van der Waals surface area (Å²) < 4.78 is 5.07. The summed E-state index contributed by atoms with van der Waals surface area (Å²) in [6, 6.07) is 0. The molecule has 0 N–H and O–H groups in total. The Hall–Kier alpha value is -0.220. The van der Waals surface area contributed by atoms with Gasteiger partial charge in [0, 0.05) is 6.54 Å². The number of thioether (sulfide) groups is 1. The minimum Gasteiger partial charge on any atom is -0.469 e. The van der Waals surface area contributed by atoms with E-state index in [4.69, 9.17) is 4.74 Å². The lowest BCUT2D eigenvalue weighted by atomic mass is 9.87. The van der Waals surface area contributed by atoms with Crippen LogP contribution in [0.15, 0.2) is 0 Å². The molecule has 2 heterocycles. The second-order valence-corrected chi connectivity index (χ2v) is 7.02. The lowest BCUT2D eigenvalue weighted by molar-refractivity contribution is -0.148. The highest BCUT2D eigenvalue weighted by molar-refractivity contribution is 7.99. The van der Waals surface area contributed by atoms with Crippen LogP contribution >= 0.6 is 11.8 Å². The molecule has 0 aliphatic carbocycles. The van der Waals surface area contributed by atoms with Crippen LogP contribution in [0.3, 0.4) is 0 Å². The number of carbonyl (C=O) groups excluding carboxylic acids is 1. The number of esters is 1. The molecule has 3 nitrogen and oxygen atoms in total. The fourth-order valence-corrected chi connectivity index (χ4v) is 4.43. The van der Waals surface area contributed by atoms with Crippen molar-refractivity contribution in [1.29, 1.82) is 0 Å². The highest BCUT2D eigenvalue weighted by Crippen LogP contribution is 2.30. The first-order chi connectivity index (χ1) is 9.31. The summed E-state index contributed by atoms with van der Waals surface area (Å²) in [6.45, 7) is 3.24. The van der Waals surface area contributed by atoms with Crippen LogP contribution < -0.4 is 0 Å². The monoisotopic (exact) mass is 285 g/mol. The van der Waals surface area contributed by atoms with Crippen molar-refractivity contribution in [1.82, 2.24) is 4.90 Å². The van der Waals surface area contributed by atoms with Crippen LogP contribution in [0.25, 0.3) is 0 Å². The Morgan fingerprint density at radius 2 is 1.84 bits per heavy atom. The van der Waals surface area contributed by atoms with E-state index in [1.165, 1.54) is 57.1 Å². The van der Waals surface area contributed by atoms with Gasteiger partial charge in [0.05, 0.1) is 13.0 Å². The molecule has 2 saturated heterocycles. The van der Waals surface area contributed by atoms with Gasteiger partial charge in [-0.2, -0.15) is 11.8 Å². The topological polar surface area (TPSA) is 29.5 Å². The standard InChI is InChI=1S/C15H27NO2S/c1-18-15(17)14(13-6-10-19-11-7-13)12-16-8-4-2-3-5-9-16/h13-14H,2-12H2,1H3. The Balaban J connectivity index is 1.93. The van der Waals surface area contributed by atoms with E-state index in [9.17, 15) is 4.79 Å². The third kappa shape index (κ3) is 4.67. The molecule has 0 bridgehead atoms. The summed E-state index contributed by atoms with van der Waals surface area (Å²) in [6.07, 6.45) is 7.62. The highest BCUT2D eigenvalue weighted by Gasteiger charge is 2.32. The normalized spacial score (nSPS) is 24.7. The fraction of sp³-hybridized carbons (Fsp3) is 0.933. The van der Waals surface area contributed by atoms with Crippen molar-refractivity contribution < 1.29 is 9.53 Å². The lowest BCUT2D eigenvalue weighted by Gasteiger charge is -2.32. The van der Waals surface area contributed by atoms with E-state index in [1.54, 1.807) is 0 Å². The molecule has 0 amide bonds. The number of hydrogen-bond donors (Lipinski definition) is 0. The maximum Gasteiger partial charge on any atom is 0.310 e. The van der Waals surface area contributed by atoms with Crippen molar-refractivity contribution in [2.75, 3.05) is 38.2 Å². The average molecular weight is 285 g/mol. The number of methoxy groups -OCH3 is 1. The molecule has 19 heavy (non-hydrogen) atoms. The Morgan fingerprint density at radius 1 is 1.21 bits per heavy atom. The van der Waals surface area contributed by atoms with Gasteiger partial charge in [-0.05, 0) is 56.2 Å². The van der Waals surface area contributed by atoms with Crippen LogP contribution in [0.5, 0.6) is 0 Å². The van der Waals surface area contributed by atoms with Gasteiger partial charge in [-0.25, -0.2) is 0 Å². The van der Waals surface area contributed by atoms with Crippen LogP contribution in [0.2, 0.25) is 0 Å².